The molecular weight excluding hydrogens is 478 g/mol. The van der Waals surface area contributed by atoms with Gasteiger partial charge in [-0.25, -0.2) is 4.79 Å². The molecule has 1 heterocycles. The van der Waals surface area contributed by atoms with Crippen LogP contribution in [-0.4, -0.2) is 26.5 Å². The van der Waals surface area contributed by atoms with E-state index in [2.05, 4.69) is 32.2 Å². The molecule has 0 aliphatic carbocycles. The van der Waals surface area contributed by atoms with Crippen LogP contribution in [0.5, 0.6) is 0 Å². The van der Waals surface area contributed by atoms with Crippen molar-refractivity contribution in [2.24, 2.45) is 25.9 Å². The van der Waals surface area contributed by atoms with Gasteiger partial charge < -0.3 is 10.1 Å². The maximum atomic E-state index is 12.2. The van der Waals surface area contributed by atoms with E-state index in [1.807, 2.05) is 46.4 Å². The number of carbonyl (C=O) groups excluding carboxylic acids is 1. The average Bonchev–Trinajstić information content (AvgIpc) is 2.77. The summed E-state index contributed by atoms with van der Waals surface area (Å²) in [6.07, 6.45) is 8.48. The van der Waals surface area contributed by atoms with Crippen molar-refractivity contribution in [3.63, 3.8) is 0 Å². The molecule has 0 aliphatic heterocycles. The Bertz CT molecular complexity index is 943. The molecule has 1 aromatic heterocycles. The SMILES string of the molecule is C/C=C(\Nc1c(C)n(C)c(=O)n(C)c1=S)SCC(CCC)CCC(C)CC.CC(=O)OC(C)(C)C. The van der Waals surface area contributed by atoms with Gasteiger partial charge >= 0.3 is 11.7 Å². The molecule has 0 radical (unpaired) electrons. The quantitative estimate of drug-likeness (QED) is 0.240. The molecule has 202 valence electrons. The van der Waals surface area contributed by atoms with Crippen molar-refractivity contribution in [3.8, 4) is 0 Å². The number of carbonyl (C=O) groups is 1. The zero-order valence-corrected chi connectivity index (χ0v) is 25.5. The van der Waals surface area contributed by atoms with Gasteiger partial charge in [0.25, 0.3) is 0 Å². The maximum absolute atomic E-state index is 12.2. The highest BCUT2D eigenvalue weighted by Gasteiger charge is 2.14. The zero-order valence-electron chi connectivity index (χ0n) is 23.9. The largest absolute Gasteiger partial charge is 0.460 e. The van der Waals surface area contributed by atoms with E-state index in [0.29, 0.717) is 4.64 Å². The highest BCUT2D eigenvalue weighted by molar-refractivity contribution is 8.03. The summed E-state index contributed by atoms with van der Waals surface area (Å²) in [4.78, 5) is 22.4. The molecule has 1 rings (SSSR count). The smallest absolute Gasteiger partial charge is 0.328 e. The number of hydrogen-bond acceptors (Lipinski definition) is 6. The second-order valence-corrected chi connectivity index (χ2v) is 11.7. The van der Waals surface area contributed by atoms with E-state index in [4.69, 9.17) is 17.0 Å². The van der Waals surface area contributed by atoms with Crippen molar-refractivity contribution < 1.29 is 9.53 Å². The lowest BCUT2D eigenvalue weighted by atomic mass is 9.94. The Morgan fingerprint density at radius 2 is 1.77 bits per heavy atom. The summed E-state index contributed by atoms with van der Waals surface area (Å²) in [5.74, 6) is 2.44. The van der Waals surface area contributed by atoms with Gasteiger partial charge in [0.05, 0.1) is 10.7 Å². The van der Waals surface area contributed by atoms with E-state index in [9.17, 15) is 9.59 Å². The van der Waals surface area contributed by atoms with Gasteiger partial charge in [0.2, 0.25) is 0 Å². The number of nitrogens with one attached hydrogen (secondary N) is 1. The molecule has 1 N–H and O–H groups in total. The van der Waals surface area contributed by atoms with Crippen LogP contribution in [0.4, 0.5) is 5.69 Å². The van der Waals surface area contributed by atoms with Gasteiger partial charge in [-0.2, -0.15) is 0 Å². The Hall–Kier alpha value is -1.54. The molecule has 35 heavy (non-hydrogen) atoms. The number of thioether (sulfide) groups is 1. The molecule has 0 fully saturated rings. The van der Waals surface area contributed by atoms with Gasteiger partial charge in [-0.3, -0.25) is 13.9 Å². The van der Waals surface area contributed by atoms with Crippen LogP contribution in [0.25, 0.3) is 0 Å². The lowest BCUT2D eigenvalue weighted by Crippen LogP contribution is -2.30. The minimum atomic E-state index is -0.328. The lowest BCUT2D eigenvalue weighted by Gasteiger charge is -2.20. The second-order valence-electron chi connectivity index (χ2n) is 10.2. The Balaban J connectivity index is 0.00000124. The van der Waals surface area contributed by atoms with E-state index in [0.717, 1.165) is 34.0 Å². The molecule has 1 aromatic rings. The summed E-state index contributed by atoms with van der Waals surface area (Å²) in [6.45, 7) is 17.8. The van der Waals surface area contributed by atoms with Crippen molar-refractivity contribution in [2.45, 2.75) is 100 Å². The molecule has 0 bridgehead atoms. The van der Waals surface area contributed by atoms with Gasteiger partial charge in [0, 0.05) is 32.5 Å². The molecule has 0 amide bonds. The monoisotopic (exact) mass is 527 g/mol. The first-order valence-corrected chi connectivity index (χ1v) is 14.1. The average molecular weight is 528 g/mol. The minimum Gasteiger partial charge on any atom is -0.460 e. The molecule has 2 unspecified atom stereocenters. The van der Waals surface area contributed by atoms with Crippen LogP contribution in [0.15, 0.2) is 15.9 Å². The molecule has 0 aliphatic rings. The number of nitrogens with zero attached hydrogens (tertiary/aromatic N) is 2. The van der Waals surface area contributed by atoms with E-state index in [-0.39, 0.29) is 17.3 Å². The topological polar surface area (TPSA) is 65.3 Å². The summed E-state index contributed by atoms with van der Waals surface area (Å²) in [7, 11) is 3.51. The van der Waals surface area contributed by atoms with E-state index in [1.54, 1.807) is 18.7 Å². The van der Waals surface area contributed by atoms with Crippen LogP contribution in [0, 0.1) is 23.4 Å². The molecule has 6 nitrogen and oxygen atoms in total. The fraction of sp³-hybridized carbons (Fsp3) is 0.741. The van der Waals surface area contributed by atoms with E-state index >= 15 is 0 Å². The summed E-state index contributed by atoms with van der Waals surface area (Å²) in [5.41, 5.74) is 1.30. The zero-order chi connectivity index (χ0) is 27.3. The van der Waals surface area contributed by atoms with Crippen molar-refractivity contribution in [2.75, 3.05) is 11.1 Å². The first-order valence-electron chi connectivity index (χ1n) is 12.7. The van der Waals surface area contributed by atoms with Gasteiger partial charge in [-0.15, -0.1) is 11.8 Å². The van der Waals surface area contributed by atoms with Gasteiger partial charge in [0.1, 0.15) is 10.2 Å². The number of allylic oxidation sites excluding steroid dienone is 1. The normalized spacial score (nSPS) is 13.5. The maximum Gasteiger partial charge on any atom is 0.328 e. The number of anilines is 1. The van der Waals surface area contributed by atoms with Gasteiger partial charge in [0.15, 0.2) is 0 Å². The number of ether oxygens (including phenoxy) is 1. The molecule has 2 atom stereocenters. The third-order valence-corrected chi connectivity index (χ3v) is 7.62. The first-order chi connectivity index (χ1) is 16.2. The molecule has 0 spiro atoms. The highest BCUT2D eigenvalue weighted by Crippen LogP contribution is 2.28. The molecule has 0 aromatic carbocycles. The van der Waals surface area contributed by atoms with Crippen LogP contribution < -0.4 is 11.0 Å². The number of rotatable bonds is 11. The Kier molecular flexibility index (Phi) is 15.5. The van der Waals surface area contributed by atoms with Crippen molar-refractivity contribution in [3.05, 3.63) is 31.9 Å². The molecule has 0 saturated heterocycles. The third-order valence-electron chi connectivity index (χ3n) is 5.85. The highest BCUT2D eigenvalue weighted by atomic mass is 32.2. The predicted octanol–water partition coefficient (Wildman–Crippen LogP) is 7.36. The molecular formula is C27H49N3O3S2. The third kappa shape index (κ3) is 12.8. The lowest BCUT2D eigenvalue weighted by molar-refractivity contribution is -0.151. The van der Waals surface area contributed by atoms with Crippen LogP contribution in [0.1, 0.15) is 93.2 Å². The van der Waals surface area contributed by atoms with Crippen molar-refractivity contribution in [1.29, 1.82) is 0 Å². The van der Waals surface area contributed by atoms with Gasteiger partial charge in [-0.05, 0) is 59.3 Å². The standard InChI is InChI=1S/C21H37N3OS2.C6H12O2/c1-8-11-17(13-12-15(4)9-2)14-27-18(10-3)22-19-16(5)23(6)21(25)24(7)20(19)26;1-5(7)8-6(2,3)4/h10,15,17,22H,8-9,11-14H2,1-7H3;1-4H3/b18-10+;. The predicted molar refractivity (Wildman–Crippen MR) is 155 cm³/mol. The van der Waals surface area contributed by atoms with Crippen LogP contribution in [-0.2, 0) is 23.6 Å². The van der Waals surface area contributed by atoms with Crippen LogP contribution >= 0.6 is 24.0 Å². The summed E-state index contributed by atoms with van der Waals surface area (Å²) in [6, 6.07) is 0. The second kappa shape index (κ2) is 16.3. The van der Waals surface area contributed by atoms with E-state index in [1.165, 1.54) is 43.6 Å². The summed E-state index contributed by atoms with van der Waals surface area (Å²) in [5, 5.41) is 4.59. The fourth-order valence-electron chi connectivity index (χ4n) is 3.49. The Morgan fingerprint density at radius 3 is 2.20 bits per heavy atom. The Morgan fingerprint density at radius 1 is 1.17 bits per heavy atom. The molecule has 0 saturated carbocycles. The van der Waals surface area contributed by atoms with Crippen LogP contribution in [0.2, 0.25) is 0 Å². The van der Waals surface area contributed by atoms with E-state index < -0.39 is 0 Å². The fourth-order valence-corrected chi connectivity index (χ4v) is 4.85. The summed E-state index contributed by atoms with van der Waals surface area (Å²) < 4.78 is 8.52. The molecule has 8 heteroatoms. The van der Waals surface area contributed by atoms with Gasteiger partial charge in [-0.1, -0.05) is 58.3 Å². The number of aromatic nitrogens is 2. The summed E-state index contributed by atoms with van der Waals surface area (Å²) >= 11 is 7.37. The Labute approximate surface area is 222 Å². The minimum absolute atomic E-state index is 0.0919. The number of hydrogen-bond donors (Lipinski definition) is 1. The first kappa shape index (κ1) is 33.5. The van der Waals surface area contributed by atoms with Crippen LogP contribution in [0.3, 0.4) is 0 Å². The number of esters is 1. The van der Waals surface area contributed by atoms with Crippen molar-refractivity contribution >= 4 is 35.6 Å². The van der Waals surface area contributed by atoms with Crippen molar-refractivity contribution in [1.82, 2.24) is 9.13 Å².